The molecule has 0 aliphatic rings. The summed E-state index contributed by atoms with van der Waals surface area (Å²) in [5.74, 6) is 0. The van der Waals surface area contributed by atoms with Crippen molar-refractivity contribution in [2.45, 2.75) is 10.9 Å². The van der Waals surface area contributed by atoms with Gasteiger partial charge < -0.3 is 15.6 Å². The number of methoxy groups -OCH3 is 1. The molecule has 0 fully saturated rings. The van der Waals surface area contributed by atoms with Crippen LogP contribution in [0.4, 0.5) is 5.69 Å². The van der Waals surface area contributed by atoms with Crippen LogP contribution >= 0.6 is 23.2 Å². The molecule has 0 saturated carbocycles. The van der Waals surface area contributed by atoms with Gasteiger partial charge >= 0.3 is 0 Å². The van der Waals surface area contributed by atoms with E-state index in [0.717, 1.165) is 0 Å². The van der Waals surface area contributed by atoms with Crippen LogP contribution in [0.2, 0.25) is 10.0 Å². The zero-order chi connectivity index (χ0) is 14.6. The molecule has 1 aromatic rings. The van der Waals surface area contributed by atoms with Gasteiger partial charge in [0.15, 0.2) is 0 Å². The summed E-state index contributed by atoms with van der Waals surface area (Å²) in [5, 5.41) is 9.20. The Hall–Kier alpha value is -0.570. The number of sulfonamides is 1. The molecule has 0 spiro atoms. The predicted molar refractivity (Wildman–Crippen MR) is 73.9 cm³/mol. The fourth-order valence-electron chi connectivity index (χ4n) is 1.47. The van der Waals surface area contributed by atoms with Gasteiger partial charge in [-0.15, -0.1) is 0 Å². The van der Waals surface area contributed by atoms with Crippen molar-refractivity contribution < 1.29 is 18.3 Å². The van der Waals surface area contributed by atoms with Crippen LogP contribution in [0, 0.1) is 0 Å². The fourth-order valence-corrected chi connectivity index (χ4v) is 3.67. The lowest BCUT2D eigenvalue weighted by molar-refractivity contribution is 0.139. The molecule has 1 aromatic carbocycles. The Bertz CT molecular complexity index is 527. The molecule has 9 heteroatoms. The molecule has 0 amide bonds. The lowest BCUT2D eigenvalue weighted by atomic mass is 10.3. The molecule has 0 heterocycles. The summed E-state index contributed by atoms with van der Waals surface area (Å²) in [6.07, 6.45) is 0. The Kier molecular flexibility index (Phi) is 5.84. The molecule has 0 radical (unpaired) electrons. The van der Waals surface area contributed by atoms with Crippen LogP contribution in [0.15, 0.2) is 17.0 Å². The van der Waals surface area contributed by atoms with Crippen LogP contribution in [0.25, 0.3) is 0 Å². The van der Waals surface area contributed by atoms with Gasteiger partial charge in [0, 0.05) is 12.1 Å². The maximum atomic E-state index is 12.1. The van der Waals surface area contributed by atoms with Crippen molar-refractivity contribution in [2.75, 3.05) is 26.1 Å². The number of benzene rings is 1. The van der Waals surface area contributed by atoms with Crippen molar-refractivity contribution >= 4 is 38.9 Å². The molecule has 0 aliphatic heterocycles. The summed E-state index contributed by atoms with van der Waals surface area (Å²) in [5.41, 5.74) is 5.55. The predicted octanol–water partition coefficient (Wildman–Crippen LogP) is 0.861. The molecule has 0 aliphatic carbocycles. The lowest BCUT2D eigenvalue weighted by Crippen LogP contribution is -2.40. The van der Waals surface area contributed by atoms with Gasteiger partial charge in [0.05, 0.1) is 30.0 Å². The summed E-state index contributed by atoms with van der Waals surface area (Å²) < 4.78 is 31.3. The summed E-state index contributed by atoms with van der Waals surface area (Å²) in [6, 6.07) is 1.77. The summed E-state index contributed by atoms with van der Waals surface area (Å²) >= 11 is 11.6. The van der Waals surface area contributed by atoms with Crippen LogP contribution in [0.3, 0.4) is 0 Å². The molecule has 0 saturated heterocycles. The summed E-state index contributed by atoms with van der Waals surface area (Å²) in [4.78, 5) is -0.270. The lowest BCUT2D eigenvalue weighted by Gasteiger charge is -2.17. The molecule has 6 nitrogen and oxygen atoms in total. The first kappa shape index (κ1) is 16.5. The van der Waals surface area contributed by atoms with Crippen LogP contribution < -0.4 is 10.5 Å². The van der Waals surface area contributed by atoms with Gasteiger partial charge in [-0.1, -0.05) is 23.2 Å². The molecule has 0 aromatic heterocycles. The average Bonchev–Trinajstić information content (AvgIpc) is 2.25. The normalized spacial score (nSPS) is 13.5. The topological polar surface area (TPSA) is 102 Å². The summed E-state index contributed by atoms with van der Waals surface area (Å²) in [7, 11) is -2.59. The van der Waals surface area contributed by atoms with Crippen LogP contribution in [0.1, 0.15) is 0 Å². The van der Waals surface area contributed by atoms with E-state index >= 15 is 0 Å². The molecule has 0 bridgehead atoms. The molecule has 19 heavy (non-hydrogen) atoms. The maximum Gasteiger partial charge on any atom is 0.244 e. The Morgan fingerprint density at radius 3 is 2.58 bits per heavy atom. The van der Waals surface area contributed by atoms with E-state index < -0.39 is 22.7 Å². The standard InChI is InChI=1S/C10H14Cl2N2O4S/c1-18-5-7(4-15)14-19(16,17)10-8(12)2-6(11)3-9(10)13/h2-3,7,14-15H,4-5,13H2,1H3. The quantitative estimate of drug-likeness (QED) is 0.672. The van der Waals surface area contributed by atoms with Crippen molar-refractivity contribution in [3.63, 3.8) is 0 Å². The Balaban J connectivity index is 3.14. The third-order valence-electron chi connectivity index (χ3n) is 2.22. The maximum absolute atomic E-state index is 12.1. The number of rotatable bonds is 6. The van der Waals surface area contributed by atoms with Gasteiger partial charge in [-0.3, -0.25) is 0 Å². The van der Waals surface area contributed by atoms with Gasteiger partial charge in [0.25, 0.3) is 0 Å². The second kappa shape index (κ2) is 6.74. The largest absolute Gasteiger partial charge is 0.398 e. The number of hydrogen-bond donors (Lipinski definition) is 3. The molecule has 1 unspecified atom stereocenters. The number of nitrogen functional groups attached to an aromatic ring is 1. The van der Waals surface area contributed by atoms with Crippen LogP contribution in [-0.4, -0.2) is 39.9 Å². The average molecular weight is 329 g/mol. The van der Waals surface area contributed by atoms with Crippen molar-refractivity contribution in [3.8, 4) is 0 Å². The van der Waals surface area contributed by atoms with E-state index in [2.05, 4.69) is 4.72 Å². The third-order valence-corrected chi connectivity index (χ3v) is 4.48. The number of nitrogens with one attached hydrogen (secondary N) is 1. The Labute approximate surface area is 121 Å². The Morgan fingerprint density at radius 1 is 1.47 bits per heavy atom. The molecular formula is C10H14Cl2N2O4S. The minimum Gasteiger partial charge on any atom is -0.398 e. The first-order valence-electron chi connectivity index (χ1n) is 5.18. The second-order valence-corrected chi connectivity index (χ2v) is 6.26. The monoisotopic (exact) mass is 328 g/mol. The van der Waals surface area contributed by atoms with Crippen molar-refractivity contribution in [3.05, 3.63) is 22.2 Å². The third kappa shape index (κ3) is 4.20. The number of anilines is 1. The van der Waals surface area contributed by atoms with Gasteiger partial charge in [0.2, 0.25) is 10.0 Å². The molecule has 1 rings (SSSR count). The second-order valence-electron chi connectivity index (χ2n) is 3.76. The van der Waals surface area contributed by atoms with Crippen LogP contribution in [-0.2, 0) is 14.8 Å². The molecule has 1 atom stereocenters. The van der Waals surface area contributed by atoms with E-state index in [1.165, 1.54) is 19.2 Å². The minimum absolute atomic E-state index is 0.0147. The number of hydrogen-bond acceptors (Lipinski definition) is 5. The van der Waals surface area contributed by atoms with Crippen molar-refractivity contribution in [1.82, 2.24) is 4.72 Å². The number of nitrogens with two attached hydrogens (primary N) is 1. The van der Waals surface area contributed by atoms with Gasteiger partial charge in [0.1, 0.15) is 4.90 Å². The zero-order valence-corrected chi connectivity index (χ0v) is 12.4. The number of halogens is 2. The van der Waals surface area contributed by atoms with E-state index in [1.807, 2.05) is 0 Å². The number of ether oxygens (including phenoxy) is 1. The van der Waals surface area contributed by atoms with E-state index in [9.17, 15) is 8.42 Å². The fraction of sp³-hybridized carbons (Fsp3) is 0.400. The highest BCUT2D eigenvalue weighted by atomic mass is 35.5. The first-order valence-corrected chi connectivity index (χ1v) is 7.42. The number of aliphatic hydroxyl groups excluding tert-OH is 1. The minimum atomic E-state index is -3.98. The van der Waals surface area contributed by atoms with Gasteiger partial charge in [-0.25, -0.2) is 13.1 Å². The van der Waals surface area contributed by atoms with Gasteiger partial charge in [-0.2, -0.15) is 0 Å². The Morgan fingerprint density at radius 2 is 2.11 bits per heavy atom. The highest BCUT2D eigenvalue weighted by Crippen LogP contribution is 2.31. The van der Waals surface area contributed by atoms with Crippen molar-refractivity contribution in [1.29, 1.82) is 0 Å². The van der Waals surface area contributed by atoms with E-state index in [0.29, 0.717) is 0 Å². The highest BCUT2D eigenvalue weighted by Gasteiger charge is 2.25. The first-order chi connectivity index (χ1) is 8.81. The number of aliphatic hydroxyl groups is 1. The smallest absolute Gasteiger partial charge is 0.244 e. The van der Waals surface area contributed by atoms with Crippen molar-refractivity contribution in [2.24, 2.45) is 0 Å². The van der Waals surface area contributed by atoms with E-state index in [4.69, 9.17) is 38.8 Å². The van der Waals surface area contributed by atoms with Gasteiger partial charge in [-0.05, 0) is 12.1 Å². The summed E-state index contributed by atoms with van der Waals surface area (Å²) in [6.45, 7) is -0.404. The highest BCUT2D eigenvalue weighted by molar-refractivity contribution is 7.89. The molecule has 108 valence electrons. The van der Waals surface area contributed by atoms with E-state index in [1.54, 1.807) is 0 Å². The van der Waals surface area contributed by atoms with E-state index in [-0.39, 0.29) is 27.2 Å². The zero-order valence-electron chi connectivity index (χ0n) is 10.1. The van der Waals surface area contributed by atoms with Crippen LogP contribution in [0.5, 0.6) is 0 Å². The molecule has 4 N–H and O–H groups in total. The SMILES string of the molecule is COCC(CO)NS(=O)(=O)c1c(N)cc(Cl)cc1Cl. The molecular weight excluding hydrogens is 315 g/mol.